The molecule has 0 unspecified atom stereocenters. The number of benzene rings is 2. The van der Waals surface area contributed by atoms with Crippen molar-refractivity contribution in [2.75, 3.05) is 63.9 Å². The topological polar surface area (TPSA) is 111 Å². The zero-order valence-corrected chi connectivity index (χ0v) is 20.8. The molecule has 0 spiro atoms. The third kappa shape index (κ3) is 7.46. The van der Waals surface area contributed by atoms with Crippen LogP contribution in [0.5, 0.6) is 0 Å². The van der Waals surface area contributed by atoms with Crippen LogP contribution < -0.4 is 11.5 Å². The van der Waals surface area contributed by atoms with E-state index in [-0.39, 0.29) is 13.2 Å². The van der Waals surface area contributed by atoms with Crippen LogP contribution in [0.2, 0.25) is 0 Å². The molecule has 0 fully saturated rings. The molecule has 0 aromatic heterocycles. The predicted octanol–water partition coefficient (Wildman–Crippen LogP) is 3.52. The van der Waals surface area contributed by atoms with Crippen molar-refractivity contribution < 1.29 is 19.1 Å². The summed E-state index contributed by atoms with van der Waals surface area (Å²) in [4.78, 5) is 30.2. The summed E-state index contributed by atoms with van der Waals surface area (Å²) in [6, 6.07) is 9.81. The third-order valence-corrected chi connectivity index (χ3v) is 5.89. The molecule has 0 saturated carbocycles. The number of carbonyl (C=O) groups is 2. The minimum atomic E-state index is -0.481. The second kappa shape index (κ2) is 13.6. The Morgan fingerprint density at radius 1 is 0.676 bits per heavy atom. The van der Waals surface area contributed by atoms with Crippen molar-refractivity contribution in [2.24, 2.45) is 0 Å². The van der Waals surface area contributed by atoms with Gasteiger partial charge in [0, 0.05) is 24.5 Å². The van der Waals surface area contributed by atoms with Crippen LogP contribution >= 0.6 is 0 Å². The Bertz CT molecular complexity index is 878. The number of ether oxygens (including phenoxy) is 2. The molecule has 0 heterocycles. The number of rotatable bonds is 13. The average molecular weight is 471 g/mol. The lowest BCUT2D eigenvalue weighted by atomic mass is 9.94. The lowest BCUT2D eigenvalue weighted by Gasteiger charge is -2.19. The van der Waals surface area contributed by atoms with Gasteiger partial charge < -0.3 is 30.7 Å². The van der Waals surface area contributed by atoms with E-state index in [1.165, 1.54) is 0 Å². The Morgan fingerprint density at radius 3 is 1.35 bits per heavy atom. The molecule has 0 aliphatic rings. The van der Waals surface area contributed by atoms with Crippen LogP contribution in [-0.4, -0.2) is 74.2 Å². The Hall–Kier alpha value is -3.10. The molecule has 0 bridgehead atoms. The zero-order chi connectivity index (χ0) is 25.1. The first kappa shape index (κ1) is 27.1. The molecular weight excluding hydrogens is 432 g/mol. The van der Waals surface area contributed by atoms with Crippen molar-refractivity contribution in [1.82, 2.24) is 9.80 Å². The summed E-state index contributed by atoms with van der Waals surface area (Å²) in [6.07, 6.45) is 0. The molecule has 186 valence electrons. The first-order valence-corrected chi connectivity index (χ1v) is 11.9. The van der Waals surface area contributed by atoms with Gasteiger partial charge in [0.15, 0.2) is 0 Å². The lowest BCUT2D eigenvalue weighted by Crippen LogP contribution is -2.28. The number of hydrogen-bond donors (Lipinski definition) is 2. The number of nitrogen functional groups attached to an aromatic ring is 2. The molecule has 0 radical (unpaired) electrons. The summed E-state index contributed by atoms with van der Waals surface area (Å²) in [5, 5.41) is 0. The Balaban J connectivity index is 2.30. The van der Waals surface area contributed by atoms with Crippen LogP contribution in [-0.2, 0) is 9.47 Å². The zero-order valence-electron chi connectivity index (χ0n) is 20.8. The Kier molecular flexibility index (Phi) is 10.8. The number of carbonyl (C=O) groups excluding carboxylic acids is 2. The molecule has 0 aliphatic carbocycles. The van der Waals surface area contributed by atoms with Gasteiger partial charge in [-0.3, -0.25) is 0 Å². The van der Waals surface area contributed by atoms with E-state index in [9.17, 15) is 9.59 Å². The molecule has 0 aliphatic heterocycles. The van der Waals surface area contributed by atoms with E-state index in [1.807, 2.05) is 0 Å². The molecule has 8 heteroatoms. The highest BCUT2D eigenvalue weighted by atomic mass is 16.5. The van der Waals surface area contributed by atoms with Gasteiger partial charge >= 0.3 is 11.9 Å². The summed E-state index contributed by atoms with van der Waals surface area (Å²) >= 11 is 0. The van der Waals surface area contributed by atoms with Crippen LogP contribution in [0.4, 0.5) is 11.4 Å². The summed E-state index contributed by atoms with van der Waals surface area (Å²) in [5.74, 6) is -0.962. The summed E-state index contributed by atoms with van der Waals surface area (Å²) in [5.41, 5.74) is 14.6. The summed E-state index contributed by atoms with van der Waals surface area (Å²) < 4.78 is 11.1. The summed E-state index contributed by atoms with van der Waals surface area (Å²) in [6.45, 7) is 13.6. The number of likely N-dealkylation sites (N-methyl/N-ethyl adjacent to an activating group) is 2. The first-order valence-electron chi connectivity index (χ1n) is 11.9. The highest BCUT2D eigenvalue weighted by Crippen LogP contribution is 2.32. The fourth-order valence-electron chi connectivity index (χ4n) is 3.70. The fraction of sp³-hybridized carbons (Fsp3) is 0.462. The van der Waals surface area contributed by atoms with Crippen molar-refractivity contribution >= 4 is 23.3 Å². The van der Waals surface area contributed by atoms with E-state index in [1.54, 1.807) is 36.4 Å². The Morgan fingerprint density at radius 2 is 1.03 bits per heavy atom. The third-order valence-electron chi connectivity index (χ3n) is 5.89. The van der Waals surface area contributed by atoms with Gasteiger partial charge in [-0.05, 0) is 73.7 Å². The van der Waals surface area contributed by atoms with E-state index in [0.29, 0.717) is 46.7 Å². The SMILES string of the molecule is CCN(CC)CCOC(=O)c1ccc(N)cc1-c1cc(N)ccc1C(=O)OCCN(CC)CC. The van der Waals surface area contributed by atoms with Crippen LogP contribution in [0, 0.1) is 0 Å². The molecule has 8 nitrogen and oxygen atoms in total. The van der Waals surface area contributed by atoms with E-state index < -0.39 is 11.9 Å². The molecule has 0 saturated heterocycles. The van der Waals surface area contributed by atoms with Crippen molar-refractivity contribution in [3.8, 4) is 11.1 Å². The second-order valence-corrected chi connectivity index (χ2v) is 7.94. The van der Waals surface area contributed by atoms with Crippen LogP contribution in [0.15, 0.2) is 36.4 Å². The molecule has 4 N–H and O–H groups in total. The molecule has 2 rings (SSSR count). The minimum Gasteiger partial charge on any atom is -0.461 e. The number of nitrogens with two attached hydrogens (primary N) is 2. The van der Waals surface area contributed by atoms with Crippen molar-refractivity contribution in [3.05, 3.63) is 47.5 Å². The Labute approximate surface area is 202 Å². The molecule has 0 atom stereocenters. The maximum Gasteiger partial charge on any atom is 0.338 e. The predicted molar refractivity (Wildman–Crippen MR) is 137 cm³/mol. The number of hydrogen-bond acceptors (Lipinski definition) is 8. The molecule has 34 heavy (non-hydrogen) atoms. The van der Waals surface area contributed by atoms with Gasteiger partial charge in [0.05, 0.1) is 11.1 Å². The van der Waals surface area contributed by atoms with Crippen molar-refractivity contribution in [1.29, 1.82) is 0 Å². The largest absolute Gasteiger partial charge is 0.461 e. The maximum absolute atomic E-state index is 13.0. The smallest absolute Gasteiger partial charge is 0.338 e. The van der Waals surface area contributed by atoms with Crippen LogP contribution in [0.3, 0.4) is 0 Å². The number of esters is 2. The molecule has 2 aromatic carbocycles. The quantitative estimate of drug-likeness (QED) is 0.338. The first-order chi connectivity index (χ1) is 16.3. The van der Waals surface area contributed by atoms with E-state index in [4.69, 9.17) is 20.9 Å². The lowest BCUT2D eigenvalue weighted by molar-refractivity contribution is 0.0456. The van der Waals surface area contributed by atoms with Gasteiger partial charge in [0.25, 0.3) is 0 Å². The molecule has 2 aromatic rings. The van der Waals surface area contributed by atoms with E-state index in [0.717, 1.165) is 26.2 Å². The number of anilines is 2. The highest BCUT2D eigenvalue weighted by molar-refractivity contribution is 6.04. The minimum absolute atomic E-state index is 0.265. The normalized spacial score (nSPS) is 11.1. The van der Waals surface area contributed by atoms with Gasteiger partial charge in [-0.1, -0.05) is 27.7 Å². The van der Waals surface area contributed by atoms with Gasteiger partial charge in [0.1, 0.15) is 13.2 Å². The number of nitrogens with zero attached hydrogens (tertiary/aromatic N) is 2. The van der Waals surface area contributed by atoms with Crippen molar-refractivity contribution in [2.45, 2.75) is 27.7 Å². The van der Waals surface area contributed by atoms with Gasteiger partial charge in [0.2, 0.25) is 0 Å². The maximum atomic E-state index is 13.0. The molecule has 0 amide bonds. The van der Waals surface area contributed by atoms with E-state index in [2.05, 4.69) is 37.5 Å². The van der Waals surface area contributed by atoms with Gasteiger partial charge in [-0.25, -0.2) is 9.59 Å². The highest BCUT2D eigenvalue weighted by Gasteiger charge is 2.21. The second-order valence-electron chi connectivity index (χ2n) is 7.94. The van der Waals surface area contributed by atoms with Gasteiger partial charge in [-0.2, -0.15) is 0 Å². The van der Waals surface area contributed by atoms with Crippen molar-refractivity contribution in [3.63, 3.8) is 0 Å². The van der Waals surface area contributed by atoms with E-state index >= 15 is 0 Å². The van der Waals surface area contributed by atoms with Crippen LogP contribution in [0.1, 0.15) is 48.4 Å². The summed E-state index contributed by atoms with van der Waals surface area (Å²) in [7, 11) is 0. The monoisotopic (exact) mass is 470 g/mol. The fourth-order valence-corrected chi connectivity index (χ4v) is 3.70. The van der Waals surface area contributed by atoms with Crippen LogP contribution in [0.25, 0.3) is 11.1 Å². The average Bonchev–Trinajstić information content (AvgIpc) is 2.84. The van der Waals surface area contributed by atoms with Gasteiger partial charge in [-0.15, -0.1) is 0 Å². The molecular formula is C26H38N4O4. The standard InChI is InChI=1S/C26H38N4O4/c1-5-29(6-2)13-15-33-25(31)21-11-9-19(27)17-23(21)24-18-20(28)10-12-22(24)26(32)34-16-14-30(7-3)8-4/h9-12,17-18H,5-8,13-16,27-28H2,1-4H3.